The molecule has 1 aromatic rings. The molecular formula is C19H23N3O5. The Hall–Kier alpha value is -2.90. The maximum Gasteiger partial charge on any atom is 0.338 e. The number of amides is 2. The molecule has 3 rings (SSSR count). The first-order valence-electron chi connectivity index (χ1n) is 9.08. The van der Waals surface area contributed by atoms with Crippen LogP contribution < -0.4 is 10.6 Å². The van der Waals surface area contributed by atoms with Crippen LogP contribution >= 0.6 is 0 Å². The number of nitro benzene ring substituents is 1. The van der Waals surface area contributed by atoms with Gasteiger partial charge in [-0.1, -0.05) is 25.5 Å². The van der Waals surface area contributed by atoms with Gasteiger partial charge in [0, 0.05) is 17.8 Å². The minimum absolute atomic E-state index is 0.105. The van der Waals surface area contributed by atoms with E-state index in [9.17, 15) is 19.7 Å². The van der Waals surface area contributed by atoms with Crippen LogP contribution in [0.15, 0.2) is 35.5 Å². The van der Waals surface area contributed by atoms with Gasteiger partial charge in [0.2, 0.25) is 0 Å². The Balaban J connectivity index is 1.88. The number of hydrogen-bond acceptors (Lipinski definition) is 5. The topological polar surface area (TPSA) is 111 Å². The predicted octanol–water partition coefficient (Wildman–Crippen LogP) is 3.34. The van der Waals surface area contributed by atoms with Crippen molar-refractivity contribution < 1.29 is 19.2 Å². The zero-order valence-corrected chi connectivity index (χ0v) is 15.4. The minimum Gasteiger partial charge on any atom is -0.459 e. The van der Waals surface area contributed by atoms with Gasteiger partial charge >= 0.3 is 12.0 Å². The van der Waals surface area contributed by atoms with Gasteiger partial charge < -0.3 is 15.4 Å². The number of allylic oxidation sites excluding steroid dienone is 1. The molecule has 2 aliphatic rings. The molecule has 8 nitrogen and oxygen atoms in total. The third kappa shape index (κ3) is 4.27. The van der Waals surface area contributed by atoms with Gasteiger partial charge in [0.25, 0.3) is 5.69 Å². The van der Waals surface area contributed by atoms with Crippen LogP contribution in [0.5, 0.6) is 0 Å². The van der Waals surface area contributed by atoms with E-state index in [4.69, 9.17) is 4.74 Å². The molecule has 0 spiro atoms. The fourth-order valence-corrected chi connectivity index (χ4v) is 3.73. The number of non-ortho nitro benzene ring substituents is 1. The van der Waals surface area contributed by atoms with Crippen molar-refractivity contribution in [2.75, 3.05) is 0 Å². The first-order valence-corrected chi connectivity index (χ1v) is 9.08. The molecule has 1 fully saturated rings. The summed E-state index contributed by atoms with van der Waals surface area (Å²) in [5.41, 5.74) is 1.02. The number of hydrogen-bond donors (Lipinski definition) is 2. The van der Waals surface area contributed by atoms with Crippen LogP contribution in [0.25, 0.3) is 0 Å². The lowest BCUT2D eigenvalue weighted by Gasteiger charge is -2.31. The normalized spacial score (nSPS) is 25.4. The standard InChI is InChI=1S/C19H23N3O5/c1-11-5-3-8-15(9-11)27-18(23)16-12(2)20-19(24)21-17(16)13-6-4-7-14(10-13)22(25)26/h4,6-7,10-11,15,17H,3,5,8-9H2,1-2H3,(H2,20,21,24)/t11-,15+,17-/m1/s1. The average molecular weight is 373 g/mol. The van der Waals surface area contributed by atoms with Crippen molar-refractivity contribution in [2.24, 2.45) is 5.92 Å². The van der Waals surface area contributed by atoms with Gasteiger partial charge in [-0.2, -0.15) is 0 Å². The summed E-state index contributed by atoms with van der Waals surface area (Å²) in [5, 5.41) is 16.3. The van der Waals surface area contributed by atoms with Crippen LogP contribution in [0.3, 0.4) is 0 Å². The molecule has 3 atom stereocenters. The van der Waals surface area contributed by atoms with E-state index in [1.807, 2.05) is 0 Å². The SMILES string of the molecule is CC1=C(C(=O)O[C@H]2CCC[C@@H](C)C2)[C@@H](c2cccc([N+](=O)[O-])c2)NC(=O)N1. The third-order valence-corrected chi connectivity index (χ3v) is 5.07. The van der Waals surface area contributed by atoms with Crippen LogP contribution in [0.4, 0.5) is 10.5 Å². The maximum absolute atomic E-state index is 12.9. The molecule has 1 saturated carbocycles. The van der Waals surface area contributed by atoms with Crippen molar-refractivity contribution in [3.05, 3.63) is 51.2 Å². The predicted molar refractivity (Wildman–Crippen MR) is 97.7 cm³/mol. The van der Waals surface area contributed by atoms with E-state index in [2.05, 4.69) is 17.6 Å². The maximum atomic E-state index is 12.9. The summed E-state index contributed by atoms with van der Waals surface area (Å²) >= 11 is 0. The van der Waals surface area contributed by atoms with E-state index in [0.29, 0.717) is 17.2 Å². The number of nitrogens with one attached hydrogen (secondary N) is 2. The molecule has 0 saturated heterocycles. The quantitative estimate of drug-likeness (QED) is 0.478. The molecule has 2 N–H and O–H groups in total. The second-order valence-corrected chi connectivity index (χ2v) is 7.22. The summed E-state index contributed by atoms with van der Waals surface area (Å²) in [7, 11) is 0. The van der Waals surface area contributed by atoms with Gasteiger partial charge in [-0.25, -0.2) is 9.59 Å². The Morgan fingerprint density at radius 1 is 1.33 bits per heavy atom. The minimum atomic E-state index is -0.799. The van der Waals surface area contributed by atoms with Crippen LogP contribution in [-0.2, 0) is 9.53 Å². The summed E-state index contributed by atoms with van der Waals surface area (Å²) in [5.74, 6) is -0.000939. The monoisotopic (exact) mass is 373 g/mol. The second-order valence-electron chi connectivity index (χ2n) is 7.22. The Morgan fingerprint density at radius 2 is 2.11 bits per heavy atom. The molecule has 27 heavy (non-hydrogen) atoms. The number of ether oxygens (including phenoxy) is 1. The summed E-state index contributed by atoms with van der Waals surface area (Å²) in [6, 6.07) is 4.64. The van der Waals surface area contributed by atoms with Crippen LogP contribution in [0, 0.1) is 16.0 Å². The van der Waals surface area contributed by atoms with Crippen LogP contribution in [-0.4, -0.2) is 23.0 Å². The van der Waals surface area contributed by atoms with Gasteiger partial charge in [0.15, 0.2) is 0 Å². The number of nitro groups is 1. The Labute approximate surface area is 157 Å². The number of urea groups is 1. The molecule has 1 aliphatic heterocycles. The van der Waals surface area contributed by atoms with Gasteiger partial charge in [-0.3, -0.25) is 10.1 Å². The molecule has 2 amide bonds. The van der Waals surface area contributed by atoms with Crippen molar-refractivity contribution in [1.82, 2.24) is 10.6 Å². The number of carbonyl (C=O) groups is 2. The van der Waals surface area contributed by atoms with E-state index < -0.39 is 23.0 Å². The summed E-state index contributed by atoms with van der Waals surface area (Å²) in [6.45, 7) is 3.77. The fraction of sp³-hybridized carbons (Fsp3) is 0.474. The fourth-order valence-electron chi connectivity index (χ4n) is 3.73. The van der Waals surface area contributed by atoms with Gasteiger partial charge in [-0.05, 0) is 37.7 Å². The highest BCUT2D eigenvalue weighted by atomic mass is 16.6. The van der Waals surface area contributed by atoms with Gasteiger partial charge in [0.1, 0.15) is 6.10 Å². The first kappa shape index (κ1) is 18.9. The zero-order chi connectivity index (χ0) is 19.6. The van der Waals surface area contributed by atoms with Crippen molar-refractivity contribution in [1.29, 1.82) is 0 Å². The summed E-state index contributed by atoms with van der Waals surface area (Å²) in [6.07, 6.45) is 3.64. The Bertz CT molecular complexity index is 804. The average Bonchev–Trinajstić information content (AvgIpc) is 2.61. The highest BCUT2D eigenvalue weighted by Crippen LogP contribution is 2.32. The number of rotatable bonds is 4. The molecule has 144 valence electrons. The van der Waals surface area contributed by atoms with Crippen molar-refractivity contribution in [2.45, 2.75) is 51.7 Å². The highest BCUT2D eigenvalue weighted by Gasteiger charge is 2.34. The molecule has 1 aliphatic carbocycles. The number of esters is 1. The van der Waals surface area contributed by atoms with Crippen LogP contribution in [0.2, 0.25) is 0 Å². The van der Waals surface area contributed by atoms with Crippen molar-refractivity contribution >= 4 is 17.7 Å². The molecule has 0 radical (unpaired) electrons. The van der Waals surface area contributed by atoms with Crippen LogP contribution in [0.1, 0.15) is 51.1 Å². The van der Waals surface area contributed by atoms with Crippen molar-refractivity contribution in [3.8, 4) is 0 Å². The van der Waals surface area contributed by atoms with E-state index in [1.54, 1.807) is 13.0 Å². The lowest BCUT2D eigenvalue weighted by atomic mass is 9.88. The Morgan fingerprint density at radius 3 is 2.81 bits per heavy atom. The first-order chi connectivity index (χ1) is 12.8. The lowest BCUT2D eigenvalue weighted by molar-refractivity contribution is -0.384. The molecule has 1 aromatic carbocycles. The molecule has 0 bridgehead atoms. The van der Waals surface area contributed by atoms with Crippen molar-refractivity contribution in [3.63, 3.8) is 0 Å². The summed E-state index contributed by atoms with van der Waals surface area (Å²) in [4.78, 5) is 35.4. The highest BCUT2D eigenvalue weighted by molar-refractivity contribution is 5.95. The zero-order valence-electron chi connectivity index (χ0n) is 15.4. The number of carbonyl (C=O) groups excluding carboxylic acids is 2. The number of benzene rings is 1. The van der Waals surface area contributed by atoms with E-state index >= 15 is 0 Å². The molecule has 8 heteroatoms. The largest absolute Gasteiger partial charge is 0.459 e. The second kappa shape index (κ2) is 7.77. The smallest absolute Gasteiger partial charge is 0.338 e. The molecule has 1 heterocycles. The van der Waals surface area contributed by atoms with E-state index in [-0.39, 0.29) is 17.4 Å². The summed E-state index contributed by atoms with van der Waals surface area (Å²) < 4.78 is 5.71. The van der Waals surface area contributed by atoms with Gasteiger partial charge in [-0.15, -0.1) is 0 Å². The number of nitrogens with zero attached hydrogens (tertiary/aromatic N) is 1. The Kier molecular flexibility index (Phi) is 5.43. The van der Waals surface area contributed by atoms with E-state index in [0.717, 1.165) is 25.7 Å². The third-order valence-electron chi connectivity index (χ3n) is 5.07. The molecular weight excluding hydrogens is 350 g/mol. The van der Waals surface area contributed by atoms with E-state index in [1.165, 1.54) is 18.2 Å². The van der Waals surface area contributed by atoms with Gasteiger partial charge in [0.05, 0.1) is 16.5 Å². The molecule has 0 aromatic heterocycles. The lowest BCUT2D eigenvalue weighted by Crippen LogP contribution is -2.45. The molecule has 0 unspecified atom stereocenters.